The Kier molecular flexibility index (Phi) is 4.99. The molecule has 2 aliphatic heterocycles. The number of nitrogens with one attached hydrogen (secondary N) is 2. The normalized spacial score (nSPS) is 24.3. The first kappa shape index (κ1) is 17.1. The van der Waals surface area contributed by atoms with Crippen LogP contribution < -0.4 is 10.6 Å². The Bertz CT molecular complexity index is 565. The van der Waals surface area contributed by atoms with Gasteiger partial charge in [0.1, 0.15) is 5.60 Å². The van der Waals surface area contributed by atoms with Crippen molar-refractivity contribution in [1.29, 1.82) is 0 Å². The third-order valence-electron chi connectivity index (χ3n) is 4.72. The van der Waals surface area contributed by atoms with Gasteiger partial charge in [0.25, 0.3) is 0 Å². The molecule has 0 saturated carbocycles. The molecular formula is C19H29N3O2. The highest BCUT2D eigenvalue weighted by Crippen LogP contribution is 2.28. The van der Waals surface area contributed by atoms with Crippen molar-refractivity contribution in [3.8, 4) is 0 Å². The van der Waals surface area contributed by atoms with Gasteiger partial charge < -0.3 is 15.0 Å². The number of rotatable bonds is 3. The maximum atomic E-state index is 11.8. The van der Waals surface area contributed by atoms with Crippen molar-refractivity contribution in [3.05, 3.63) is 24.3 Å². The van der Waals surface area contributed by atoms with Crippen LogP contribution in [0.5, 0.6) is 0 Å². The summed E-state index contributed by atoms with van der Waals surface area (Å²) in [5, 5.41) is 6.41. The number of benzene rings is 1. The largest absolute Gasteiger partial charge is 0.444 e. The molecule has 0 spiro atoms. The van der Waals surface area contributed by atoms with Crippen LogP contribution >= 0.6 is 0 Å². The monoisotopic (exact) mass is 331 g/mol. The van der Waals surface area contributed by atoms with E-state index in [4.69, 9.17) is 4.74 Å². The molecule has 0 bridgehead atoms. The second kappa shape index (κ2) is 7.01. The molecule has 0 radical (unpaired) electrons. The zero-order valence-corrected chi connectivity index (χ0v) is 15.0. The average molecular weight is 331 g/mol. The molecule has 0 unspecified atom stereocenters. The molecule has 2 N–H and O–H groups in total. The van der Waals surface area contributed by atoms with E-state index in [2.05, 4.69) is 15.5 Å². The number of piperidine rings is 1. The highest BCUT2D eigenvalue weighted by Gasteiger charge is 2.31. The van der Waals surface area contributed by atoms with E-state index in [0.717, 1.165) is 17.4 Å². The third-order valence-corrected chi connectivity index (χ3v) is 4.72. The summed E-state index contributed by atoms with van der Waals surface area (Å²) in [6.07, 6.45) is 4.71. The molecule has 1 aromatic carbocycles. The first-order valence-electron chi connectivity index (χ1n) is 9.00. The van der Waals surface area contributed by atoms with E-state index in [-0.39, 0.29) is 0 Å². The summed E-state index contributed by atoms with van der Waals surface area (Å²) < 4.78 is 5.26. The molecule has 1 aromatic rings. The lowest BCUT2D eigenvalue weighted by Gasteiger charge is -2.35. The van der Waals surface area contributed by atoms with Crippen LogP contribution in [-0.4, -0.2) is 41.8 Å². The number of anilines is 2. The molecule has 2 aliphatic rings. The molecule has 5 heteroatoms. The second-order valence-electron chi connectivity index (χ2n) is 7.90. The summed E-state index contributed by atoms with van der Waals surface area (Å²) in [7, 11) is 0. The maximum Gasteiger partial charge on any atom is 0.412 e. The fourth-order valence-electron chi connectivity index (χ4n) is 3.66. The quantitative estimate of drug-likeness (QED) is 0.876. The highest BCUT2D eigenvalue weighted by molar-refractivity contribution is 5.85. The smallest absolute Gasteiger partial charge is 0.412 e. The lowest BCUT2D eigenvalue weighted by atomic mass is 9.97. The van der Waals surface area contributed by atoms with Gasteiger partial charge in [-0.25, -0.2) is 4.79 Å². The maximum absolute atomic E-state index is 11.8. The Morgan fingerprint density at radius 3 is 2.54 bits per heavy atom. The van der Waals surface area contributed by atoms with Crippen molar-refractivity contribution in [2.75, 3.05) is 23.7 Å². The van der Waals surface area contributed by atoms with Crippen LogP contribution in [0.2, 0.25) is 0 Å². The SMILES string of the molecule is CC(C)(C)OC(=O)Nc1ccc(N[C@@H]2CCN3CCC[C@H]3C2)cc1. The third kappa shape index (κ3) is 4.63. The van der Waals surface area contributed by atoms with Crippen molar-refractivity contribution in [2.45, 2.75) is 64.1 Å². The molecule has 2 heterocycles. The van der Waals surface area contributed by atoms with Crippen LogP contribution in [0.1, 0.15) is 46.5 Å². The number of ether oxygens (including phenoxy) is 1. The summed E-state index contributed by atoms with van der Waals surface area (Å²) in [4.78, 5) is 14.4. The van der Waals surface area contributed by atoms with E-state index in [1.54, 1.807) is 0 Å². The summed E-state index contributed by atoms with van der Waals surface area (Å²) in [6.45, 7) is 8.06. The predicted molar refractivity (Wildman–Crippen MR) is 97.5 cm³/mol. The lowest BCUT2D eigenvalue weighted by molar-refractivity contribution is 0.0636. The first-order chi connectivity index (χ1) is 11.4. The Morgan fingerprint density at radius 1 is 1.12 bits per heavy atom. The van der Waals surface area contributed by atoms with Gasteiger partial charge >= 0.3 is 6.09 Å². The van der Waals surface area contributed by atoms with Gasteiger partial charge in [-0.1, -0.05) is 0 Å². The van der Waals surface area contributed by atoms with Crippen LogP contribution in [-0.2, 0) is 4.74 Å². The van der Waals surface area contributed by atoms with Gasteiger partial charge in [0.2, 0.25) is 0 Å². The first-order valence-corrected chi connectivity index (χ1v) is 9.00. The Balaban J connectivity index is 1.50. The van der Waals surface area contributed by atoms with Crippen molar-refractivity contribution in [1.82, 2.24) is 4.90 Å². The molecular weight excluding hydrogens is 302 g/mol. The second-order valence-corrected chi connectivity index (χ2v) is 7.90. The number of hydrogen-bond acceptors (Lipinski definition) is 4. The minimum Gasteiger partial charge on any atom is -0.444 e. The van der Waals surface area contributed by atoms with E-state index < -0.39 is 11.7 Å². The van der Waals surface area contributed by atoms with E-state index >= 15 is 0 Å². The summed E-state index contributed by atoms with van der Waals surface area (Å²) in [6, 6.07) is 9.19. The Morgan fingerprint density at radius 2 is 1.83 bits per heavy atom. The summed E-state index contributed by atoms with van der Waals surface area (Å²) in [5.41, 5.74) is 1.38. The van der Waals surface area contributed by atoms with Crippen molar-refractivity contribution in [2.24, 2.45) is 0 Å². The number of carbonyl (C=O) groups excluding carboxylic acids is 1. The van der Waals surface area contributed by atoms with Gasteiger partial charge in [-0.3, -0.25) is 5.32 Å². The zero-order valence-electron chi connectivity index (χ0n) is 15.0. The zero-order chi connectivity index (χ0) is 17.2. The molecule has 1 amide bonds. The van der Waals surface area contributed by atoms with Gasteiger partial charge in [-0.2, -0.15) is 0 Å². The standard InChI is InChI=1S/C19H29N3O2/c1-19(2,3)24-18(23)21-15-8-6-14(7-9-15)20-16-10-12-22-11-4-5-17(22)13-16/h6-9,16-17,20H,4-5,10-13H2,1-3H3,(H,21,23)/t16-,17+/m1/s1. The van der Waals surface area contributed by atoms with Crippen molar-refractivity contribution < 1.29 is 9.53 Å². The van der Waals surface area contributed by atoms with Crippen molar-refractivity contribution in [3.63, 3.8) is 0 Å². The van der Waals surface area contributed by atoms with Gasteiger partial charge in [0, 0.05) is 30.0 Å². The summed E-state index contributed by atoms with van der Waals surface area (Å²) in [5.74, 6) is 0. The number of hydrogen-bond donors (Lipinski definition) is 2. The molecule has 3 rings (SSSR count). The van der Waals surface area contributed by atoms with Crippen LogP contribution in [0, 0.1) is 0 Å². The molecule has 2 saturated heterocycles. The molecule has 132 valence electrons. The van der Waals surface area contributed by atoms with Crippen LogP contribution in [0.4, 0.5) is 16.2 Å². The van der Waals surface area contributed by atoms with Crippen LogP contribution in [0.15, 0.2) is 24.3 Å². The highest BCUT2D eigenvalue weighted by atomic mass is 16.6. The van der Waals surface area contributed by atoms with E-state index in [1.807, 2.05) is 45.0 Å². The fourth-order valence-corrected chi connectivity index (χ4v) is 3.66. The van der Waals surface area contributed by atoms with Crippen LogP contribution in [0.3, 0.4) is 0 Å². The fraction of sp³-hybridized carbons (Fsp3) is 0.632. The molecule has 24 heavy (non-hydrogen) atoms. The number of fused-ring (bicyclic) bond motifs is 1. The van der Waals surface area contributed by atoms with E-state index in [9.17, 15) is 4.79 Å². The van der Waals surface area contributed by atoms with E-state index in [1.165, 1.54) is 38.8 Å². The molecule has 0 aliphatic carbocycles. The van der Waals surface area contributed by atoms with E-state index in [0.29, 0.717) is 6.04 Å². The van der Waals surface area contributed by atoms with Gasteiger partial charge in [0.15, 0.2) is 0 Å². The Hall–Kier alpha value is -1.75. The predicted octanol–water partition coefficient (Wildman–Crippen LogP) is 4.07. The lowest BCUT2D eigenvalue weighted by Crippen LogP contribution is -2.42. The minimum absolute atomic E-state index is 0.420. The van der Waals surface area contributed by atoms with Gasteiger partial charge in [-0.05, 0) is 77.3 Å². The number of nitrogens with zero attached hydrogens (tertiary/aromatic N) is 1. The average Bonchev–Trinajstić information content (AvgIpc) is 2.95. The number of amides is 1. The molecule has 0 aromatic heterocycles. The number of carbonyl (C=O) groups is 1. The van der Waals surface area contributed by atoms with Gasteiger partial charge in [0.05, 0.1) is 0 Å². The van der Waals surface area contributed by atoms with Crippen LogP contribution in [0.25, 0.3) is 0 Å². The molecule has 2 atom stereocenters. The topological polar surface area (TPSA) is 53.6 Å². The minimum atomic E-state index is -0.485. The Labute approximate surface area is 144 Å². The molecule has 2 fully saturated rings. The van der Waals surface area contributed by atoms with Crippen molar-refractivity contribution >= 4 is 17.5 Å². The summed E-state index contributed by atoms with van der Waals surface area (Å²) >= 11 is 0. The molecule has 5 nitrogen and oxygen atoms in total. The van der Waals surface area contributed by atoms with Gasteiger partial charge in [-0.15, -0.1) is 0 Å².